The van der Waals surface area contributed by atoms with Crippen LogP contribution in [-0.2, 0) is 4.79 Å². The quantitative estimate of drug-likeness (QED) is 0.727. The SMILES string of the molecule is CSc1nnc(S[C@@H](C)C(=O)C23CC4CC(CC(C4)C2)C3)s1. The molecule has 0 radical (unpaired) electrons. The monoisotopic (exact) mass is 354 g/mol. The Kier molecular flexibility index (Phi) is 4.06. The van der Waals surface area contributed by atoms with E-state index in [1.807, 2.05) is 6.26 Å². The van der Waals surface area contributed by atoms with Crippen molar-refractivity contribution in [3.63, 3.8) is 0 Å². The van der Waals surface area contributed by atoms with E-state index in [0.29, 0.717) is 5.78 Å². The summed E-state index contributed by atoms with van der Waals surface area (Å²) in [6.07, 6.45) is 9.67. The van der Waals surface area contributed by atoms with E-state index < -0.39 is 0 Å². The van der Waals surface area contributed by atoms with Crippen LogP contribution < -0.4 is 0 Å². The van der Waals surface area contributed by atoms with Crippen LogP contribution in [0.2, 0.25) is 0 Å². The summed E-state index contributed by atoms with van der Waals surface area (Å²) in [5.41, 5.74) is 0.00813. The van der Waals surface area contributed by atoms with E-state index in [9.17, 15) is 4.79 Å². The molecule has 0 aromatic carbocycles. The molecule has 0 unspecified atom stereocenters. The molecule has 0 spiro atoms. The maximum absolute atomic E-state index is 13.2. The van der Waals surface area contributed by atoms with Gasteiger partial charge in [0, 0.05) is 5.41 Å². The molecule has 4 fully saturated rings. The lowest BCUT2D eigenvalue weighted by Crippen LogP contribution is -2.51. The summed E-state index contributed by atoms with van der Waals surface area (Å²) in [6, 6.07) is 0. The minimum absolute atomic E-state index is 0.00813. The van der Waals surface area contributed by atoms with Gasteiger partial charge in [0.1, 0.15) is 0 Å². The number of rotatable bonds is 5. The summed E-state index contributed by atoms with van der Waals surface area (Å²) in [4.78, 5) is 13.2. The van der Waals surface area contributed by atoms with Crippen LogP contribution in [0.4, 0.5) is 0 Å². The average Bonchev–Trinajstić information content (AvgIpc) is 2.92. The standard InChI is InChI=1S/C16H22N2OS3/c1-9(21-15-18-17-14(20-2)22-15)13(19)16-6-10-3-11(7-16)5-12(4-10)8-16/h9-12H,3-8H2,1-2H3/t9-,10?,11?,12?,16?/m0/s1. The predicted molar refractivity (Wildman–Crippen MR) is 92.6 cm³/mol. The summed E-state index contributed by atoms with van der Waals surface area (Å²) in [7, 11) is 0. The van der Waals surface area contributed by atoms with Gasteiger partial charge in [-0.15, -0.1) is 10.2 Å². The van der Waals surface area contributed by atoms with Gasteiger partial charge in [-0.3, -0.25) is 4.79 Å². The van der Waals surface area contributed by atoms with Gasteiger partial charge in [0.2, 0.25) is 0 Å². The molecule has 0 amide bonds. The number of hydrogen-bond acceptors (Lipinski definition) is 6. The number of carbonyl (C=O) groups is 1. The van der Waals surface area contributed by atoms with E-state index in [1.165, 1.54) is 19.3 Å². The van der Waals surface area contributed by atoms with Gasteiger partial charge in [-0.1, -0.05) is 34.9 Å². The number of Topliss-reactive ketones (excluding diaryl/α,β-unsaturated/α-hetero) is 1. The van der Waals surface area contributed by atoms with E-state index in [0.717, 1.165) is 45.7 Å². The van der Waals surface area contributed by atoms with E-state index in [-0.39, 0.29) is 10.7 Å². The zero-order valence-corrected chi connectivity index (χ0v) is 15.5. The molecule has 6 heteroatoms. The smallest absolute Gasteiger partial charge is 0.175 e. The first-order chi connectivity index (χ1) is 10.6. The van der Waals surface area contributed by atoms with Crippen molar-refractivity contribution in [3.05, 3.63) is 0 Å². The molecule has 4 saturated carbocycles. The minimum Gasteiger partial charge on any atom is -0.298 e. The largest absolute Gasteiger partial charge is 0.298 e. The van der Waals surface area contributed by atoms with Crippen LogP contribution in [0.5, 0.6) is 0 Å². The second-order valence-corrected chi connectivity index (χ2v) is 11.0. The van der Waals surface area contributed by atoms with E-state index >= 15 is 0 Å². The number of ketones is 1. The highest BCUT2D eigenvalue weighted by molar-refractivity contribution is 8.03. The third-order valence-corrected chi connectivity index (χ3v) is 8.85. The van der Waals surface area contributed by atoms with Crippen molar-refractivity contribution in [3.8, 4) is 0 Å². The topological polar surface area (TPSA) is 42.9 Å². The Bertz CT molecular complexity index is 550. The van der Waals surface area contributed by atoms with Crippen molar-refractivity contribution in [1.29, 1.82) is 0 Å². The number of aromatic nitrogens is 2. The van der Waals surface area contributed by atoms with Gasteiger partial charge in [-0.05, 0) is 69.5 Å². The highest BCUT2D eigenvalue weighted by Gasteiger charge is 2.55. The van der Waals surface area contributed by atoms with Crippen molar-refractivity contribution in [2.24, 2.45) is 23.2 Å². The van der Waals surface area contributed by atoms with Gasteiger partial charge in [0.05, 0.1) is 5.25 Å². The van der Waals surface area contributed by atoms with Gasteiger partial charge in [-0.2, -0.15) is 0 Å². The molecule has 22 heavy (non-hydrogen) atoms. The summed E-state index contributed by atoms with van der Waals surface area (Å²) in [5.74, 6) is 2.99. The van der Waals surface area contributed by atoms with Crippen molar-refractivity contribution in [1.82, 2.24) is 10.2 Å². The molecular weight excluding hydrogens is 332 g/mol. The van der Waals surface area contributed by atoms with E-state index in [1.54, 1.807) is 34.9 Å². The van der Waals surface area contributed by atoms with Gasteiger partial charge in [0.25, 0.3) is 0 Å². The van der Waals surface area contributed by atoms with Crippen molar-refractivity contribution < 1.29 is 4.79 Å². The summed E-state index contributed by atoms with van der Waals surface area (Å²) < 4.78 is 1.92. The van der Waals surface area contributed by atoms with Gasteiger partial charge < -0.3 is 0 Å². The van der Waals surface area contributed by atoms with E-state index in [2.05, 4.69) is 17.1 Å². The van der Waals surface area contributed by atoms with Crippen LogP contribution in [0, 0.1) is 23.2 Å². The van der Waals surface area contributed by atoms with Crippen LogP contribution in [0.1, 0.15) is 45.4 Å². The van der Waals surface area contributed by atoms with E-state index in [4.69, 9.17) is 0 Å². The van der Waals surface area contributed by atoms with Crippen molar-refractivity contribution >= 4 is 40.6 Å². The molecule has 0 aliphatic heterocycles. The van der Waals surface area contributed by atoms with Crippen molar-refractivity contribution in [2.45, 2.75) is 59.4 Å². The molecule has 4 bridgehead atoms. The third-order valence-electron chi connectivity index (χ3n) is 5.77. The highest BCUT2D eigenvalue weighted by atomic mass is 32.2. The maximum atomic E-state index is 13.2. The fourth-order valence-electron chi connectivity index (χ4n) is 5.38. The molecule has 0 N–H and O–H groups in total. The van der Waals surface area contributed by atoms with Gasteiger partial charge in [0.15, 0.2) is 14.5 Å². The Balaban J connectivity index is 1.48. The third kappa shape index (κ3) is 2.65. The number of nitrogens with zero attached hydrogens (tertiary/aromatic N) is 2. The molecule has 3 nitrogen and oxygen atoms in total. The Labute approximate surface area is 144 Å². The molecule has 4 aliphatic carbocycles. The Morgan fingerprint density at radius 3 is 2.18 bits per heavy atom. The number of carbonyl (C=O) groups excluding carboxylic acids is 1. The first-order valence-corrected chi connectivity index (χ1v) is 11.1. The van der Waals surface area contributed by atoms with Crippen LogP contribution in [-0.4, -0.2) is 27.5 Å². The maximum Gasteiger partial charge on any atom is 0.175 e. The molecule has 0 saturated heterocycles. The second-order valence-electron chi connectivity index (χ2n) is 7.36. The first kappa shape index (κ1) is 15.5. The zero-order chi connectivity index (χ0) is 15.3. The van der Waals surface area contributed by atoms with Gasteiger partial charge in [-0.25, -0.2) is 0 Å². The summed E-state index contributed by atoms with van der Waals surface area (Å²) in [5, 5.41) is 8.37. The molecule has 1 aromatic rings. The highest BCUT2D eigenvalue weighted by Crippen LogP contribution is 2.61. The molecule has 120 valence electrons. The van der Waals surface area contributed by atoms with Gasteiger partial charge >= 0.3 is 0 Å². The minimum atomic E-state index is 0.00813. The Morgan fingerprint density at radius 1 is 1.14 bits per heavy atom. The Morgan fingerprint density at radius 2 is 1.68 bits per heavy atom. The molecule has 1 heterocycles. The second kappa shape index (κ2) is 5.78. The fraction of sp³-hybridized carbons (Fsp3) is 0.812. The fourth-order valence-corrected chi connectivity index (χ4v) is 8.15. The molecule has 4 aliphatic rings. The van der Waals surface area contributed by atoms with Crippen molar-refractivity contribution in [2.75, 3.05) is 6.26 Å². The molecule has 1 atom stereocenters. The lowest BCUT2D eigenvalue weighted by Gasteiger charge is -2.56. The van der Waals surface area contributed by atoms with Crippen LogP contribution in [0.15, 0.2) is 8.68 Å². The first-order valence-electron chi connectivity index (χ1n) is 8.16. The predicted octanol–water partition coefficient (Wildman–Crippen LogP) is 4.53. The van der Waals surface area contributed by atoms with Crippen LogP contribution in [0.25, 0.3) is 0 Å². The Hall–Kier alpha value is -0.0700. The lowest BCUT2D eigenvalue weighted by atomic mass is 9.48. The molecular formula is C16H22N2OS3. The number of hydrogen-bond donors (Lipinski definition) is 0. The average molecular weight is 355 g/mol. The zero-order valence-electron chi connectivity index (χ0n) is 13.1. The lowest BCUT2D eigenvalue weighted by molar-refractivity contribution is -0.142. The van der Waals surface area contributed by atoms with Crippen LogP contribution in [0.3, 0.4) is 0 Å². The molecule has 5 rings (SSSR count). The summed E-state index contributed by atoms with van der Waals surface area (Å²) >= 11 is 4.85. The molecule has 1 aromatic heterocycles. The summed E-state index contributed by atoms with van der Waals surface area (Å²) in [6.45, 7) is 2.08. The normalized spacial score (nSPS) is 37.5. The van der Waals surface area contributed by atoms with Crippen LogP contribution >= 0.6 is 34.9 Å². The number of thioether (sulfide) groups is 2.